The molecule has 10 unspecified atom stereocenters. The fourth-order valence-electron chi connectivity index (χ4n) is 6.96. The van der Waals surface area contributed by atoms with Crippen molar-refractivity contribution in [3.05, 3.63) is 42.5 Å². The Morgan fingerprint density at radius 1 is 0.841 bits per heavy atom. The Balaban J connectivity index is 2.14. The summed E-state index contributed by atoms with van der Waals surface area (Å²) in [5.74, 6) is -3.69. The van der Waals surface area contributed by atoms with E-state index in [2.05, 4.69) is 14.7 Å². The van der Waals surface area contributed by atoms with E-state index in [1.807, 2.05) is 26.8 Å². The van der Waals surface area contributed by atoms with Crippen molar-refractivity contribution >= 4 is 41.9 Å². The van der Waals surface area contributed by atoms with E-state index in [1.165, 1.54) is 32.3 Å². The van der Waals surface area contributed by atoms with Gasteiger partial charge in [0, 0.05) is 65.8 Å². The molecule has 2 rings (SSSR count). The van der Waals surface area contributed by atoms with Gasteiger partial charge in [0.05, 0.1) is 37.8 Å². The highest BCUT2D eigenvalue weighted by atomic mass is 16.5. The van der Waals surface area contributed by atoms with Crippen LogP contribution in [0.4, 0.5) is 0 Å². The number of allylic oxidation sites excluding steroid dienone is 1. The molecule has 5 N–H and O–H groups in total. The highest BCUT2D eigenvalue weighted by molar-refractivity contribution is 5.89. The maximum atomic E-state index is 13.4. The zero-order valence-electron chi connectivity index (χ0n) is 37.9. The molecule has 0 bridgehead atoms. The van der Waals surface area contributed by atoms with E-state index >= 15 is 0 Å². The summed E-state index contributed by atoms with van der Waals surface area (Å²) in [5, 5.41) is 10.8. The SMILES string of the molecule is COC(=O)c1coc(-c2coc(C=CCCC(C)C(CC(OC)C(C)CCC(=O)C(C)C(CC=CN(C)C=O)OC)OC(=O)CC(O)CC(N)CC(=O)C(C)C(OC)C(N)=O)n2)n1. The largest absolute Gasteiger partial charge is 0.464 e. The van der Waals surface area contributed by atoms with Crippen LogP contribution in [0.25, 0.3) is 17.7 Å². The maximum absolute atomic E-state index is 13.4. The molecule has 0 saturated heterocycles. The van der Waals surface area contributed by atoms with Crippen LogP contribution in [0.5, 0.6) is 0 Å². The molecule has 19 heteroatoms. The fourth-order valence-corrected chi connectivity index (χ4v) is 6.96. The van der Waals surface area contributed by atoms with Crippen LogP contribution in [0.15, 0.2) is 39.7 Å². The number of hydrogen-bond acceptors (Lipinski definition) is 17. The Morgan fingerprint density at radius 2 is 1.52 bits per heavy atom. The Kier molecular flexibility index (Phi) is 23.9. The van der Waals surface area contributed by atoms with E-state index in [4.69, 9.17) is 39.2 Å². The normalized spacial score (nSPS) is 16.6. The number of methoxy groups -OCH3 is 4. The summed E-state index contributed by atoms with van der Waals surface area (Å²) in [5.41, 5.74) is 11.8. The number of esters is 2. The summed E-state index contributed by atoms with van der Waals surface area (Å²) in [6, 6.07) is -0.814. The Morgan fingerprint density at radius 3 is 2.14 bits per heavy atom. The third-order valence-corrected chi connectivity index (χ3v) is 11.0. The number of aliphatic hydroxyl groups excluding tert-OH is 1. The lowest BCUT2D eigenvalue weighted by Crippen LogP contribution is -2.41. The van der Waals surface area contributed by atoms with Crippen molar-refractivity contribution in [2.75, 3.05) is 35.5 Å². The fraction of sp³-hybridized carbons (Fsp3) is 0.636. The zero-order chi connectivity index (χ0) is 47.2. The molecule has 0 fully saturated rings. The van der Waals surface area contributed by atoms with Gasteiger partial charge in [0.1, 0.15) is 36.3 Å². The smallest absolute Gasteiger partial charge is 0.360 e. The van der Waals surface area contributed by atoms with Gasteiger partial charge < -0.3 is 54.0 Å². The van der Waals surface area contributed by atoms with Crippen molar-refractivity contribution in [3.8, 4) is 11.6 Å². The van der Waals surface area contributed by atoms with E-state index < -0.39 is 60.1 Å². The molecular weight excluding hydrogens is 823 g/mol. The maximum Gasteiger partial charge on any atom is 0.360 e. The number of primary amides is 1. The Hall–Kier alpha value is -5.08. The summed E-state index contributed by atoms with van der Waals surface area (Å²) in [6.07, 6.45) is 8.25. The standard InChI is InChI=1S/C44H67N5O14/c1-26(13-10-11-15-39-47-32(23-61-39)43-48-33(24-62-43)44(56)60-9)38(63-40(54)21-31(51)19-30(45)20-35(53)29(4)41(59-8)42(46)55)22-37(58-7)27(2)16-17-34(52)28(3)36(57-6)14-12-18-49(5)25-50/h11-12,15,18,23-31,36-38,41,51H,10,13-14,16-17,19-22,45H2,1-9H3,(H2,46,55). The van der Waals surface area contributed by atoms with Crippen LogP contribution < -0.4 is 11.5 Å². The quantitative estimate of drug-likeness (QED) is 0.0690. The van der Waals surface area contributed by atoms with Gasteiger partial charge in [-0.3, -0.25) is 24.0 Å². The molecule has 2 aromatic heterocycles. The van der Waals surface area contributed by atoms with Gasteiger partial charge >= 0.3 is 11.9 Å². The average molecular weight is 890 g/mol. The van der Waals surface area contributed by atoms with Gasteiger partial charge in [-0.15, -0.1) is 0 Å². The molecule has 19 nitrogen and oxygen atoms in total. The summed E-state index contributed by atoms with van der Waals surface area (Å²) < 4.78 is 38.1. The molecule has 63 heavy (non-hydrogen) atoms. The number of amides is 2. The Bertz CT molecular complexity index is 1810. The third-order valence-electron chi connectivity index (χ3n) is 11.0. The van der Waals surface area contributed by atoms with E-state index in [1.54, 1.807) is 39.6 Å². The third kappa shape index (κ3) is 18.3. The highest BCUT2D eigenvalue weighted by Crippen LogP contribution is 2.28. The second kappa shape index (κ2) is 27.9. The number of ketones is 2. The van der Waals surface area contributed by atoms with Crippen LogP contribution in [0.3, 0.4) is 0 Å². The molecule has 0 aromatic carbocycles. The molecule has 2 aromatic rings. The van der Waals surface area contributed by atoms with Crippen LogP contribution >= 0.6 is 0 Å². The van der Waals surface area contributed by atoms with E-state index in [0.29, 0.717) is 38.5 Å². The molecule has 10 atom stereocenters. The van der Waals surface area contributed by atoms with Crippen LogP contribution in [0.1, 0.15) is 102 Å². The topological polar surface area (TPSA) is 276 Å². The molecule has 2 heterocycles. The summed E-state index contributed by atoms with van der Waals surface area (Å²) in [7, 11) is 7.23. The minimum atomic E-state index is -1.22. The summed E-state index contributed by atoms with van der Waals surface area (Å²) in [4.78, 5) is 83.5. The second-order valence-electron chi connectivity index (χ2n) is 15.9. The van der Waals surface area contributed by atoms with Crippen LogP contribution in [-0.2, 0) is 47.7 Å². The van der Waals surface area contributed by atoms with Crippen molar-refractivity contribution in [1.29, 1.82) is 0 Å². The van der Waals surface area contributed by atoms with Crippen LogP contribution in [-0.4, -0.2) is 128 Å². The minimum Gasteiger partial charge on any atom is -0.464 e. The van der Waals surface area contributed by atoms with E-state index in [9.17, 15) is 33.9 Å². The highest BCUT2D eigenvalue weighted by Gasteiger charge is 2.32. The first-order chi connectivity index (χ1) is 29.9. The Labute approximate surface area is 369 Å². The zero-order valence-corrected chi connectivity index (χ0v) is 37.9. The molecule has 0 saturated carbocycles. The lowest BCUT2D eigenvalue weighted by Gasteiger charge is -2.31. The summed E-state index contributed by atoms with van der Waals surface area (Å²) in [6.45, 7) is 7.23. The second-order valence-corrected chi connectivity index (χ2v) is 15.9. The minimum absolute atomic E-state index is 0.00908. The number of carbonyl (C=O) groups excluding carboxylic acids is 6. The predicted molar refractivity (Wildman–Crippen MR) is 229 cm³/mol. The number of hydrogen-bond donors (Lipinski definition) is 3. The van der Waals surface area contributed by atoms with E-state index in [0.717, 1.165) is 6.26 Å². The first-order valence-electron chi connectivity index (χ1n) is 21.0. The first kappa shape index (κ1) is 54.1. The van der Waals surface area contributed by atoms with Crippen LogP contribution in [0, 0.1) is 23.7 Å². The van der Waals surface area contributed by atoms with Crippen molar-refractivity contribution in [2.45, 2.75) is 122 Å². The molecular formula is C44H67N5O14. The molecule has 0 aliphatic rings. The number of aliphatic hydroxyl groups is 1. The number of nitrogens with zero attached hydrogens (tertiary/aromatic N) is 3. The van der Waals surface area contributed by atoms with Crippen molar-refractivity contribution in [2.24, 2.45) is 35.1 Å². The number of ether oxygens (including phenoxy) is 5. The first-order valence-corrected chi connectivity index (χ1v) is 21.0. The number of aromatic nitrogens is 2. The summed E-state index contributed by atoms with van der Waals surface area (Å²) >= 11 is 0. The number of nitrogens with two attached hydrogens (primary N) is 2. The van der Waals surface area contributed by atoms with Gasteiger partial charge in [-0.1, -0.05) is 39.8 Å². The molecule has 0 radical (unpaired) electrons. The van der Waals surface area contributed by atoms with Crippen molar-refractivity contribution in [3.63, 3.8) is 0 Å². The molecule has 2 amide bonds. The van der Waals surface area contributed by atoms with Gasteiger partial charge in [-0.05, 0) is 50.0 Å². The molecule has 0 spiro atoms. The number of Topliss-reactive ketones (excluding diaryl/α,β-unsaturated/α-hetero) is 2. The monoisotopic (exact) mass is 889 g/mol. The average Bonchev–Trinajstić information content (AvgIpc) is 3.94. The van der Waals surface area contributed by atoms with Gasteiger partial charge in [0.2, 0.25) is 24.1 Å². The molecule has 0 aliphatic heterocycles. The number of oxazole rings is 2. The lowest BCUT2D eigenvalue weighted by atomic mass is 9.86. The van der Waals surface area contributed by atoms with Gasteiger partial charge in [0.15, 0.2) is 11.4 Å². The lowest BCUT2D eigenvalue weighted by molar-refractivity contribution is -0.156. The van der Waals surface area contributed by atoms with Gasteiger partial charge in [0.25, 0.3) is 0 Å². The number of carbonyl (C=O) groups is 6. The molecule has 0 aliphatic carbocycles. The number of rotatable bonds is 32. The van der Waals surface area contributed by atoms with Gasteiger partial charge in [-0.2, -0.15) is 0 Å². The molecule has 352 valence electrons. The van der Waals surface area contributed by atoms with Crippen molar-refractivity contribution in [1.82, 2.24) is 14.9 Å². The van der Waals surface area contributed by atoms with Crippen LogP contribution in [0.2, 0.25) is 0 Å². The van der Waals surface area contributed by atoms with E-state index in [-0.39, 0.29) is 78.4 Å². The van der Waals surface area contributed by atoms with Crippen molar-refractivity contribution < 1.29 is 66.4 Å². The van der Waals surface area contributed by atoms with Gasteiger partial charge in [-0.25, -0.2) is 14.8 Å². The predicted octanol–water partition coefficient (Wildman–Crippen LogP) is 4.06.